The highest BCUT2D eigenvalue weighted by atomic mass is 127. The molecule has 0 spiro atoms. The van der Waals surface area contributed by atoms with Crippen molar-refractivity contribution in [2.24, 2.45) is 4.99 Å². The van der Waals surface area contributed by atoms with Gasteiger partial charge in [0.05, 0.1) is 31.5 Å². The molecule has 1 N–H and O–H groups in total. The summed E-state index contributed by atoms with van der Waals surface area (Å²) >= 11 is 0. The van der Waals surface area contributed by atoms with Gasteiger partial charge < -0.3 is 19.4 Å². The van der Waals surface area contributed by atoms with Gasteiger partial charge in [0.2, 0.25) is 5.89 Å². The van der Waals surface area contributed by atoms with Crippen LogP contribution in [-0.2, 0) is 17.5 Å². The van der Waals surface area contributed by atoms with E-state index in [1.54, 1.807) is 19.3 Å². The number of aromatic nitrogens is 1. The van der Waals surface area contributed by atoms with E-state index in [4.69, 9.17) is 9.15 Å². The Hall–Kier alpha value is -2.60. The lowest BCUT2D eigenvalue weighted by molar-refractivity contribution is -0.137. The second-order valence-electron chi connectivity index (χ2n) is 7.31. The van der Waals surface area contributed by atoms with E-state index >= 15 is 0 Å². The highest BCUT2D eigenvalue weighted by Crippen LogP contribution is 2.32. The molecule has 0 amide bonds. The topological polar surface area (TPSA) is 62.9 Å². The number of hydrogen-bond donors (Lipinski definition) is 1. The molecule has 10 heteroatoms. The van der Waals surface area contributed by atoms with Gasteiger partial charge in [0.1, 0.15) is 6.10 Å². The van der Waals surface area contributed by atoms with Crippen molar-refractivity contribution in [3.05, 3.63) is 77.8 Å². The van der Waals surface area contributed by atoms with E-state index in [0.717, 1.165) is 17.7 Å². The molecular formula is C23H24F3IN4O2. The molecule has 6 nitrogen and oxygen atoms in total. The summed E-state index contributed by atoms with van der Waals surface area (Å²) in [6.45, 7) is 1.64. The van der Waals surface area contributed by atoms with Crippen molar-refractivity contribution >= 4 is 29.9 Å². The van der Waals surface area contributed by atoms with E-state index in [-0.39, 0.29) is 24.0 Å². The Morgan fingerprint density at radius 3 is 2.70 bits per heavy atom. The summed E-state index contributed by atoms with van der Waals surface area (Å²) in [5.74, 6) is 1.78. The second-order valence-corrected chi connectivity index (χ2v) is 7.31. The third-order valence-electron chi connectivity index (χ3n) is 5.17. The maximum atomic E-state index is 13.1. The van der Waals surface area contributed by atoms with Crippen molar-refractivity contribution in [3.8, 4) is 11.3 Å². The van der Waals surface area contributed by atoms with E-state index < -0.39 is 17.8 Å². The van der Waals surface area contributed by atoms with Crippen LogP contribution in [0.1, 0.15) is 23.1 Å². The van der Waals surface area contributed by atoms with Gasteiger partial charge in [0.25, 0.3) is 0 Å². The molecule has 33 heavy (non-hydrogen) atoms. The van der Waals surface area contributed by atoms with Crippen LogP contribution in [0.25, 0.3) is 11.3 Å². The lowest BCUT2D eigenvalue weighted by Crippen LogP contribution is -2.48. The minimum Gasteiger partial charge on any atom is -0.439 e. The van der Waals surface area contributed by atoms with Crippen LogP contribution in [0.4, 0.5) is 13.2 Å². The molecule has 0 aliphatic carbocycles. The molecule has 4 rings (SSSR count). The maximum Gasteiger partial charge on any atom is 0.416 e. The molecule has 1 aliphatic heterocycles. The van der Waals surface area contributed by atoms with Gasteiger partial charge in [0.15, 0.2) is 11.7 Å². The van der Waals surface area contributed by atoms with Gasteiger partial charge in [-0.25, -0.2) is 4.98 Å². The van der Waals surface area contributed by atoms with Crippen LogP contribution in [0.5, 0.6) is 0 Å². The second kappa shape index (κ2) is 11.0. The predicted molar refractivity (Wildman–Crippen MR) is 129 cm³/mol. The van der Waals surface area contributed by atoms with Gasteiger partial charge >= 0.3 is 6.18 Å². The zero-order chi connectivity index (χ0) is 22.6. The van der Waals surface area contributed by atoms with Crippen molar-refractivity contribution in [1.82, 2.24) is 15.2 Å². The van der Waals surface area contributed by atoms with Gasteiger partial charge in [0, 0.05) is 19.2 Å². The first-order valence-electron chi connectivity index (χ1n) is 10.2. The molecule has 1 unspecified atom stereocenters. The number of hydrogen-bond acceptors (Lipinski definition) is 4. The summed E-state index contributed by atoms with van der Waals surface area (Å²) in [6.07, 6.45) is -3.21. The molecule has 1 aliphatic rings. The zero-order valence-electron chi connectivity index (χ0n) is 17.9. The normalized spacial score (nSPS) is 16.9. The fraction of sp³-hybridized carbons (Fsp3) is 0.304. The first kappa shape index (κ1) is 25.0. The predicted octanol–water partition coefficient (Wildman–Crippen LogP) is 5.13. The Kier molecular flexibility index (Phi) is 8.35. The minimum absolute atomic E-state index is 0. The van der Waals surface area contributed by atoms with Crippen LogP contribution in [0.3, 0.4) is 0 Å². The molecule has 0 radical (unpaired) electrons. The summed E-state index contributed by atoms with van der Waals surface area (Å²) < 4.78 is 50.8. The number of nitrogens with one attached hydrogen (secondary N) is 1. The van der Waals surface area contributed by atoms with E-state index in [9.17, 15) is 13.2 Å². The van der Waals surface area contributed by atoms with Crippen LogP contribution in [0, 0.1) is 0 Å². The summed E-state index contributed by atoms with van der Waals surface area (Å²) in [4.78, 5) is 10.6. The van der Waals surface area contributed by atoms with Crippen LogP contribution in [0.2, 0.25) is 0 Å². The van der Waals surface area contributed by atoms with Crippen molar-refractivity contribution in [1.29, 1.82) is 0 Å². The molecule has 1 fully saturated rings. The molecule has 2 aromatic carbocycles. The number of oxazole rings is 1. The summed E-state index contributed by atoms with van der Waals surface area (Å²) in [5.41, 5.74) is 0.740. The summed E-state index contributed by atoms with van der Waals surface area (Å²) in [7, 11) is 1.65. The number of morpholine rings is 1. The lowest BCUT2D eigenvalue weighted by atomic mass is 10.0. The first-order chi connectivity index (χ1) is 15.4. The fourth-order valence-electron chi connectivity index (χ4n) is 3.57. The SMILES string of the molecule is CN=C(NCc1ncc(-c2ccccc2)o1)N1CCOC(c2cccc(C(F)(F)F)c2)C1.I. The average Bonchev–Trinajstić information content (AvgIpc) is 3.29. The first-order valence-corrected chi connectivity index (χ1v) is 10.2. The van der Waals surface area contributed by atoms with Gasteiger partial charge in [-0.3, -0.25) is 4.99 Å². The largest absolute Gasteiger partial charge is 0.439 e. The highest BCUT2D eigenvalue weighted by molar-refractivity contribution is 14.0. The minimum atomic E-state index is -4.39. The van der Waals surface area contributed by atoms with Gasteiger partial charge in [-0.15, -0.1) is 24.0 Å². The lowest BCUT2D eigenvalue weighted by Gasteiger charge is -2.35. The Balaban J connectivity index is 0.00000306. The molecule has 3 aromatic rings. The third-order valence-corrected chi connectivity index (χ3v) is 5.17. The number of alkyl halides is 3. The van der Waals surface area contributed by atoms with Crippen molar-refractivity contribution < 1.29 is 22.3 Å². The number of halogens is 4. The van der Waals surface area contributed by atoms with Gasteiger partial charge in [-0.05, 0) is 17.7 Å². The Morgan fingerprint density at radius 1 is 1.18 bits per heavy atom. The third kappa shape index (κ3) is 6.26. The van der Waals surface area contributed by atoms with E-state index in [1.165, 1.54) is 6.07 Å². The smallest absolute Gasteiger partial charge is 0.416 e. The number of ether oxygens (including phenoxy) is 1. The molecule has 0 bridgehead atoms. The zero-order valence-corrected chi connectivity index (χ0v) is 20.2. The van der Waals surface area contributed by atoms with Crippen molar-refractivity contribution in [3.63, 3.8) is 0 Å². The van der Waals surface area contributed by atoms with E-state index in [2.05, 4.69) is 15.3 Å². The van der Waals surface area contributed by atoms with Crippen molar-refractivity contribution in [2.75, 3.05) is 26.7 Å². The van der Waals surface area contributed by atoms with Crippen LogP contribution < -0.4 is 5.32 Å². The van der Waals surface area contributed by atoms with Crippen LogP contribution in [-0.4, -0.2) is 42.6 Å². The number of rotatable bonds is 4. The average molecular weight is 572 g/mol. The quantitative estimate of drug-likeness (QED) is 0.267. The highest BCUT2D eigenvalue weighted by Gasteiger charge is 2.32. The van der Waals surface area contributed by atoms with E-state index in [0.29, 0.717) is 49.4 Å². The molecule has 0 saturated carbocycles. The summed E-state index contributed by atoms with van der Waals surface area (Å²) in [6, 6.07) is 14.9. The number of aliphatic imine (C=N–C) groups is 1. The maximum absolute atomic E-state index is 13.1. The van der Waals surface area contributed by atoms with Crippen LogP contribution >= 0.6 is 24.0 Å². The standard InChI is InChI=1S/C23H23F3N4O2.HI/c1-27-22(29-14-21-28-13-19(32-21)16-6-3-2-4-7-16)30-10-11-31-20(15-30)17-8-5-9-18(12-17)23(24,25)26;/h2-9,12-13,20H,10-11,14-15H2,1H3,(H,27,29);1H. The van der Waals surface area contributed by atoms with Crippen LogP contribution in [0.15, 0.2) is 70.2 Å². The number of benzene rings is 2. The number of guanidine groups is 1. The van der Waals surface area contributed by atoms with Gasteiger partial charge in [-0.2, -0.15) is 13.2 Å². The molecule has 1 aromatic heterocycles. The Morgan fingerprint density at radius 2 is 1.97 bits per heavy atom. The Bertz CT molecular complexity index is 1070. The fourth-order valence-corrected chi connectivity index (χ4v) is 3.57. The molecule has 1 atom stereocenters. The Labute approximate surface area is 206 Å². The molecule has 176 valence electrons. The summed E-state index contributed by atoms with van der Waals surface area (Å²) in [5, 5.41) is 3.21. The molecule has 1 saturated heterocycles. The van der Waals surface area contributed by atoms with Crippen molar-refractivity contribution in [2.45, 2.75) is 18.8 Å². The monoisotopic (exact) mass is 572 g/mol. The number of nitrogens with zero attached hydrogens (tertiary/aromatic N) is 3. The van der Waals surface area contributed by atoms with Gasteiger partial charge in [-0.1, -0.05) is 42.5 Å². The molecular weight excluding hydrogens is 548 g/mol. The molecule has 2 heterocycles. The van der Waals surface area contributed by atoms with E-state index in [1.807, 2.05) is 35.2 Å².